The van der Waals surface area contributed by atoms with E-state index >= 15 is 0 Å². The minimum Gasteiger partial charge on any atom is -0.497 e. The van der Waals surface area contributed by atoms with Crippen LogP contribution in [0.3, 0.4) is 0 Å². The molecule has 1 heterocycles. The molecule has 0 spiro atoms. The van der Waals surface area contributed by atoms with Crippen LogP contribution < -0.4 is 20.7 Å². The Morgan fingerprint density at radius 2 is 1.71 bits per heavy atom. The van der Waals surface area contributed by atoms with E-state index in [1.807, 2.05) is 18.2 Å². The Balaban J connectivity index is 1.72. The van der Waals surface area contributed by atoms with Crippen molar-refractivity contribution in [3.63, 3.8) is 0 Å². The summed E-state index contributed by atoms with van der Waals surface area (Å²) in [5.74, 6) is -4.15. The molecule has 1 fully saturated rings. The van der Waals surface area contributed by atoms with Crippen molar-refractivity contribution < 1.29 is 28.7 Å². The van der Waals surface area contributed by atoms with Crippen molar-refractivity contribution in [3.8, 4) is 5.75 Å². The van der Waals surface area contributed by atoms with Crippen LogP contribution in [-0.2, 0) is 24.0 Å². The standard InChI is InChI=1S/C29H33N3O6/c1-17(2)26(27(35)25-18(3)28(36)32-29(25)37)31-24(34)16-22(20-10-6-5-7-11-20)30-23(33)14-13-19-9-8-12-21(15-19)38-4/h5-15,17-18,22,25-26H,16H2,1-4H3,(H,30,33)(H,31,34)(H,32,36,37)/b14-13+/t18-,22+,25+,26+/m0/s1. The van der Waals surface area contributed by atoms with Crippen molar-refractivity contribution in [3.05, 3.63) is 71.8 Å². The summed E-state index contributed by atoms with van der Waals surface area (Å²) < 4.78 is 5.20. The van der Waals surface area contributed by atoms with E-state index in [2.05, 4.69) is 16.0 Å². The molecule has 200 valence electrons. The van der Waals surface area contributed by atoms with E-state index in [0.717, 1.165) is 5.56 Å². The van der Waals surface area contributed by atoms with Crippen LogP contribution in [0.4, 0.5) is 0 Å². The Kier molecular flexibility index (Phi) is 9.54. The minimum absolute atomic E-state index is 0.134. The molecule has 0 unspecified atom stereocenters. The van der Waals surface area contributed by atoms with Crippen molar-refractivity contribution in [1.82, 2.24) is 16.0 Å². The number of benzene rings is 2. The summed E-state index contributed by atoms with van der Waals surface area (Å²) in [6.45, 7) is 5.02. The predicted octanol–water partition coefficient (Wildman–Crippen LogP) is 2.57. The number of carbonyl (C=O) groups excluding carboxylic acids is 5. The Morgan fingerprint density at radius 3 is 2.32 bits per heavy atom. The predicted molar refractivity (Wildman–Crippen MR) is 142 cm³/mol. The largest absolute Gasteiger partial charge is 0.497 e. The lowest BCUT2D eigenvalue weighted by molar-refractivity contribution is -0.137. The van der Waals surface area contributed by atoms with Crippen molar-refractivity contribution in [1.29, 1.82) is 0 Å². The number of hydrogen-bond acceptors (Lipinski definition) is 6. The topological polar surface area (TPSA) is 131 Å². The number of ketones is 1. The summed E-state index contributed by atoms with van der Waals surface area (Å²) in [6.07, 6.45) is 2.88. The quantitative estimate of drug-likeness (QED) is 0.238. The second-order valence-electron chi connectivity index (χ2n) is 9.60. The lowest BCUT2D eigenvalue weighted by Gasteiger charge is -2.25. The smallest absolute Gasteiger partial charge is 0.244 e. The number of nitrogens with one attached hydrogen (secondary N) is 3. The molecule has 3 rings (SSSR count). The molecule has 4 amide bonds. The lowest BCUT2D eigenvalue weighted by Crippen LogP contribution is -2.49. The van der Waals surface area contributed by atoms with Crippen LogP contribution in [0.5, 0.6) is 5.75 Å². The van der Waals surface area contributed by atoms with Crippen LogP contribution in [-0.4, -0.2) is 42.6 Å². The zero-order valence-corrected chi connectivity index (χ0v) is 21.9. The first-order valence-electron chi connectivity index (χ1n) is 12.5. The van der Waals surface area contributed by atoms with Gasteiger partial charge in [-0.3, -0.25) is 29.3 Å². The van der Waals surface area contributed by atoms with E-state index in [-0.39, 0.29) is 12.3 Å². The molecule has 0 aliphatic carbocycles. The number of hydrogen-bond donors (Lipinski definition) is 3. The fraction of sp³-hybridized carbons (Fsp3) is 0.345. The van der Waals surface area contributed by atoms with E-state index in [1.165, 1.54) is 13.0 Å². The summed E-state index contributed by atoms with van der Waals surface area (Å²) in [5, 5.41) is 7.77. The maximum Gasteiger partial charge on any atom is 0.244 e. The first-order chi connectivity index (χ1) is 18.1. The van der Waals surface area contributed by atoms with E-state index in [9.17, 15) is 24.0 Å². The molecule has 3 N–H and O–H groups in total. The lowest BCUT2D eigenvalue weighted by atomic mass is 9.85. The first kappa shape index (κ1) is 28.3. The molecule has 2 aromatic carbocycles. The SMILES string of the molecule is COc1cccc(/C=C/C(=O)N[C@H](CC(=O)N[C@@H](C(=O)[C@@H]2C(=O)NC(=O)[C@H]2C)C(C)C)c2ccccc2)c1. The highest BCUT2D eigenvalue weighted by Crippen LogP contribution is 2.24. The number of carbonyl (C=O) groups is 5. The molecule has 0 radical (unpaired) electrons. The number of imide groups is 1. The minimum atomic E-state index is -1.15. The van der Waals surface area contributed by atoms with Crippen LogP contribution in [0.1, 0.15) is 44.4 Å². The van der Waals surface area contributed by atoms with Gasteiger partial charge in [0, 0.05) is 6.08 Å². The van der Waals surface area contributed by atoms with Gasteiger partial charge in [-0.1, -0.05) is 63.2 Å². The average molecular weight is 520 g/mol. The summed E-state index contributed by atoms with van der Waals surface area (Å²) in [6, 6.07) is 14.6. The Morgan fingerprint density at radius 1 is 1.00 bits per heavy atom. The fourth-order valence-corrected chi connectivity index (χ4v) is 4.32. The Labute approximate surface area is 222 Å². The molecule has 0 aromatic heterocycles. The average Bonchev–Trinajstić information content (AvgIpc) is 3.16. The number of amides is 4. The van der Waals surface area contributed by atoms with Gasteiger partial charge in [-0.15, -0.1) is 0 Å². The number of methoxy groups -OCH3 is 1. The zero-order valence-electron chi connectivity index (χ0n) is 21.9. The summed E-state index contributed by atoms with van der Waals surface area (Å²) in [7, 11) is 1.56. The van der Waals surface area contributed by atoms with Gasteiger partial charge in [-0.05, 0) is 35.3 Å². The number of rotatable bonds is 11. The Bertz CT molecular complexity index is 1220. The van der Waals surface area contributed by atoms with Gasteiger partial charge in [0.25, 0.3) is 0 Å². The van der Waals surface area contributed by atoms with Crippen molar-refractivity contribution >= 4 is 35.5 Å². The number of Topliss-reactive ketones (excluding diaryl/α,β-unsaturated/α-hetero) is 1. The maximum atomic E-state index is 13.2. The van der Waals surface area contributed by atoms with Gasteiger partial charge in [0.1, 0.15) is 11.7 Å². The van der Waals surface area contributed by atoms with Crippen LogP contribution in [0.25, 0.3) is 6.08 Å². The van der Waals surface area contributed by atoms with Crippen LogP contribution in [0.15, 0.2) is 60.7 Å². The monoisotopic (exact) mass is 519 g/mol. The van der Waals surface area contributed by atoms with Crippen LogP contribution in [0, 0.1) is 17.8 Å². The number of ether oxygens (including phenoxy) is 1. The molecule has 38 heavy (non-hydrogen) atoms. The molecule has 2 aromatic rings. The third kappa shape index (κ3) is 7.15. The second kappa shape index (κ2) is 12.8. The zero-order chi connectivity index (χ0) is 27.8. The highest BCUT2D eigenvalue weighted by Gasteiger charge is 2.46. The highest BCUT2D eigenvalue weighted by atomic mass is 16.5. The molecule has 9 nitrogen and oxygen atoms in total. The van der Waals surface area contributed by atoms with Crippen molar-refractivity contribution in [2.24, 2.45) is 17.8 Å². The van der Waals surface area contributed by atoms with Crippen molar-refractivity contribution in [2.45, 2.75) is 39.3 Å². The van der Waals surface area contributed by atoms with Gasteiger partial charge in [0.15, 0.2) is 5.78 Å². The second-order valence-corrected chi connectivity index (χ2v) is 9.60. The van der Waals surface area contributed by atoms with E-state index < -0.39 is 53.3 Å². The molecule has 0 saturated carbocycles. The van der Waals surface area contributed by atoms with Gasteiger partial charge in [0.2, 0.25) is 23.6 Å². The summed E-state index contributed by atoms with van der Waals surface area (Å²) in [5.41, 5.74) is 1.49. The molecule has 1 aliphatic heterocycles. The summed E-state index contributed by atoms with van der Waals surface area (Å²) in [4.78, 5) is 63.1. The van der Waals surface area contributed by atoms with Crippen LogP contribution in [0.2, 0.25) is 0 Å². The van der Waals surface area contributed by atoms with Gasteiger partial charge in [-0.25, -0.2) is 0 Å². The molecule has 4 atom stereocenters. The van der Waals surface area contributed by atoms with Crippen molar-refractivity contribution in [2.75, 3.05) is 7.11 Å². The van der Waals surface area contributed by atoms with Gasteiger partial charge in [-0.2, -0.15) is 0 Å². The van der Waals surface area contributed by atoms with Gasteiger partial charge in [0.05, 0.1) is 31.5 Å². The molecular formula is C29H33N3O6. The first-order valence-corrected chi connectivity index (χ1v) is 12.5. The fourth-order valence-electron chi connectivity index (χ4n) is 4.32. The molecule has 9 heteroatoms. The van der Waals surface area contributed by atoms with Gasteiger partial charge < -0.3 is 15.4 Å². The normalized spacial score (nSPS) is 18.7. The van der Waals surface area contributed by atoms with E-state index in [1.54, 1.807) is 63.4 Å². The molecule has 1 aliphatic rings. The van der Waals surface area contributed by atoms with E-state index in [0.29, 0.717) is 11.3 Å². The molecule has 0 bridgehead atoms. The third-order valence-corrected chi connectivity index (χ3v) is 6.47. The van der Waals surface area contributed by atoms with Gasteiger partial charge >= 0.3 is 0 Å². The third-order valence-electron chi connectivity index (χ3n) is 6.47. The van der Waals surface area contributed by atoms with E-state index in [4.69, 9.17) is 4.74 Å². The molecular weight excluding hydrogens is 486 g/mol. The van der Waals surface area contributed by atoms with Crippen LogP contribution >= 0.6 is 0 Å². The maximum absolute atomic E-state index is 13.2. The summed E-state index contributed by atoms with van der Waals surface area (Å²) >= 11 is 0. The highest BCUT2D eigenvalue weighted by molar-refractivity contribution is 6.16. The molecule has 1 saturated heterocycles. The Hall–Kier alpha value is -4.27.